The summed E-state index contributed by atoms with van der Waals surface area (Å²) in [6.45, 7) is 13.1. The van der Waals surface area contributed by atoms with Crippen molar-refractivity contribution in [3.63, 3.8) is 0 Å². The number of rotatable bonds is 2. The molecular weight excluding hydrogens is 158 g/mol. The average Bonchev–Trinajstić information content (AvgIpc) is 2.03. The van der Waals surface area contributed by atoms with Crippen LogP contribution in [0.5, 0.6) is 0 Å². The van der Waals surface area contributed by atoms with Crippen LogP contribution < -0.4 is 0 Å². The molecule has 13 heavy (non-hydrogen) atoms. The molecule has 0 spiro atoms. The normalized spacial score (nSPS) is 31.6. The fourth-order valence-corrected chi connectivity index (χ4v) is 2.82. The zero-order valence-corrected chi connectivity index (χ0v) is 9.88. The second kappa shape index (κ2) is 4.45. The van der Waals surface area contributed by atoms with Gasteiger partial charge in [-0.25, -0.2) is 0 Å². The summed E-state index contributed by atoms with van der Waals surface area (Å²) in [7, 11) is 0. The van der Waals surface area contributed by atoms with E-state index in [1.807, 2.05) is 0 Å². The molecule has 0 aromatic carbocycles. The third-order valence-electron chi connectivity index (χ3n) is 3.62. The minimum Gasteiger partial charge on any atom is -0.298 e. The molecule has 2 atom stereocenters. The van der Waals surface area contributed by atoms with Gasteiger partial charge in [0.15, 0.2) is 0 Å². The lowest BCUT2D eigenvalue weighted by Crippen LogP contribution is -2.48. The van der Waals surface area contributed by atoms with Gasteiger partial charge in [0.1, 0.15) is 0 Å². The van der Waals surface area contributed by atoms with Crippen LogP contribution in [0.15, 0.2) is 0 Å². The summed E-state index contributed by atoms with van der Waals surface area (Å²) in [5, 5.41) is 0. The third-order valence-corrected chi connectivity index (χ3v) is 3.62. The molecule has 78 valence electrons. The lowest BCUT2D eigenvalue weighted by atomic mass is 9.81. The molecule has 1 saturated heterocycles. The Balaban J connectivity index is 2.60. The highest BCUT2D eigenvalue weighted by Crippen LogP contribution is 2.30. The van der Waals surface area contributed by atoms with E-state index in [1.165, 1.54) is 19.4 Å². The number of piperidine rings is 1. The smallest absolute Gasteiger partial charge is 0.0100 e. The van der Waals surface area contributed by atoms with Crippen LogP contribution in [0.4, 0.5) is 0 Å². The maximum atomic E-state index is 2.66. The molecule has 1 aliphatic heterocycles. The van der Waals surface area contributed by atoms with E-state index in [-0.39, 0.29) is 0 Å². The van der Waals surface area contributed by atoms with E-state index in [4.69, 9.17) is 0 Å². The van der Waals surface area contributed by atoms with Gasteiger partial charge in [0.25, 0.3) is 0 Å². The van der Waals surface area contributed by atoms with Gasteiger partial charge in [-0.05, 0) is 52.0 Å². The molecule has 1 heteroatoms. The number of nitrogens with zero attached hydrogens (tertiary/aromatic N) is 1. The number of hydrogen-bond acceptors (Lipinski definition) is 1. The first-order valence-electron chi connectivity index (χ1n) is 5.79. The van der Waals surface area contributed by atoms with Crippen LogP contribution in [-0.2, 0) is 0 Å². The van der Waals surface area contributed by atoms with Crippen molar-refractivity contribution in [3.8, 4) is 0 Å². The molecule has 1 rings (SSSR count). The Bertz CT molecular complexity index is 135. The Hall–Kier alpha value is -0.0400. The van der Waals surface area contributed by atoms with Crippen molar-refractivity contribution in [1.82, 2.24) is 4.90 Å². The summed E-state index contributed by atoms with van der Waals surface area (Å²) in [6, 6.07) is 1.50. The molecule has 1 fully saturated rings. The second-order valence-corrected chi connectivity index (χ2v) is 5.12. The highest BCUT2D eigenvalue weighted by atomic mass is 15.2. The maximum Gasteiger partial charge on any atom is 0.0100 e. The Labute approximate surface area is 83.5 Å². The van der Waals surface area contributed by atoms with E-state index in [0.29, 0.717) is 0 Å². The molecular formula is C12H25N. The predicted molar refractivity (Wildman–Crippen MR) is 58.9 cm³/mol. The Kier molecular flexibility index (Phi) is 3.78. The van der Waals surface area contributed by atoms with Crippen LogP contribution in [0.3, 0.4) is 0 Å². The van der Waals surface area contributed by atoms with Gasteiger partial charge >= 0.3 is 0 Å². The maximum absolute atomic E-state index is 2.66. The molecule has 1 nitrogen and oxygen atoms in total. The highest BCUT2D eigenvalue weighted by molar-refractivity contribution is 4.84. The predicted octanol–water partition coefficient (Wildman–Crippen LogP) is 3.15. The van der Waals surface area contributed by atoms with Crippen molar-refractivity contribution < 1.29 is 0 Å². The van der Waals surface area contributed by atoms with Crippen molar-refractivity contribution in [2.45, 2.75) is 59.5 Å². The van der Waals surface area contributed by atoms with Crippen LogP contribution >= 0.6 is 0 Å². The summed E-state index contributed by atoms with van der Waals surface area (Å²) in [5.41, 5.74) is 0. The summed E-state index contributed by atoms with van der Waals surface area (Å²) < 4.78 is 0. The molecule has 0 aromatic heterocycles. The van der Waals surface area contributed by atoms with E-state index < -0.39 is 0 Å². The van der Waals surface area contributed by atoms with Gasteiger partial charge in [0.2, 0.25) is 0 Å². The first kappa shape index (κ1) is 11.0. The molecule has 0 aromatic rings. The lowest BCUT2D eigenvalue weighted by Gasteiger charge is -2.43. The first-order valence-corrected chi connectivity index (χ1v) is 5.79. The molecule has 0 saturated carbocycles. The van der Waals surface area contributed by atoms with Crippen LogP contribution in [0, 0.1) is 11.8 Å². The SMILES string of the molecule is CC(C)[C@@H]1CCCN(C(C)C)[C@@H]1C. The quantitative estimate of drug-likeness (QED) is 0.635. The molecule has 0 radical (unpaired) electrons. The van der Waals surface area contributed by atoms with Crippen molar-refractivity contribution in [2.75, 3.05) is 6.54 Å². The highest BCUT2D eigenvalue weighted by Gasteiger charge is 2.30. The molecule has 0 unspecified atom stereocenters. The third kappa shape index (κ3) is 2.46. The van der Waals surface area contributed by atoms with Gasteiger partial charge in [-0.15, -0.1) is 0 Å². The topological polar surface area (TPSA) is 3.24 Å². The minimum atomic E-state index is 0.719. The van der Waals surface area contributed by atoms with Crippen molar-refractivity contribution in [1.29, 1.82) is 0 Å². The zero-order valence-electron chi connectivity index (χ0n) is 9.88. The lowest BCUT2D eigenvalue weighted by molar-refractivity contribution is 0.0543. The van der Waals surface area contributed by atoms with Crippen molar-refractivity contribution in [3.05, 3.63) is 0 Å². The zero-order chi connectivity index (χ0) is 10.0. The summed E-state index contributed by atoms with van der Waals surface area (Å²) in [6.07, 6.45) is 2.83. The van der Waals surface area contributed by atoms with Crippen molar-refractivity contribution in [2.24, 2.45) is 11.8 Å². The first-order chi connectivity index (χ1) is 6.04. The Morgan fingerprint density at radius 2 is 1.77 bits per heavy atom. The van der Waals surface area contributed by atoms with Gasteiger partial charge in [-0.3, -0.25) is 4.90 Å². The van der Waals surface area contributed by atoms with Gasteiger partial charge in [0, 0.05) is 12.1 Å². The van der Waals surface area contributed by atoms with Gasteiger partial charge in [0.05, 0.1) is 0 Å². The molecule has 0 amide bonds. The molecule has 0 aliphatic carbocycles. The Morgan fingerprint density at radius 1 is 1.15 bits per heavy atom. The summed E-state index contributed by atoms with van der Waals surface area (Å²) in [5.74, 6) is 1.76. The van der Waals surface area contributed by atoms with E-state index in [2.05, 4.69) is 39.5 Å². The van der Waals surface area contributed by atoms with E-state index in [0.717, 1.165) is 23.9 Å². The summed E-state index contributed by atoms with van der Waals surface area (Å²) in [4.78, 5) is 2.66. The number of hydrogen-bond donors (Lipinski definition) is 0. The summed E-state index contributed by atoms with van der Waals surface area (Å²) >= 11 is 0. The van der Waals surface area contributed by atoms with Gasteiger partial charge in [-0.2, -0.15) is 0 Å². The van der Waals surface area contributed by atoms with Crippen LogP contribution in [0.25, 0.3) is 0 Å². The minimum absolute atomic E-state index is 0.719. The largest absolute Gasteiger partial charge is 0.298 e. The molecule has 1 aliphatic rings. The average molecular weight is 183 g/mol. The molecule has 1 heterocycles. The van der Waals surface area contributed by atoms with Gasteiger partial charge in [-0.1, -0.05) is 13.8 Å². The van der Waals surface area contributed by atoms with Crippen LogP contribution in [-0.4, -0.2) is 23.5 Å². The fourth-order valence-electron chi connectivity index (χ4n) is 2.82. The van der Waals surface area contributed by atoms with Crippen LogP contribution in [0.2, 0.25) is 0 Å². The van der Waals surface area contributed by atoms with E-state index in [9.17, 15) is 0 Å². The Morgan fingerprint density at radius 3 is 2.23 bits per heavy atom. The molecule has 0 bridgehead atoms. The van der Waals surface area contributed by atoms with Gasteiger partial charge < -0.3 is 0 Å². The second-order valence-electron chi connectivity index (χ2n) is 5.12. The van der Waals surface area contributed by atoms with E-state index in [1.54, 1.807) is 0 Å². The number of likely N-dealkylation sites (tertiary alicyclic amines) is 1. The standard InChI is InChI=1S/C12H25N/c1-9(2)12-7-6-8-13(10(3)4)11(12)5/h9-12H,6-8H2,1-5H3/t11-,12+/m1/s1. The molecule has 0 N–H and O–H groups in total. The monoisotopic (exact) mass is 183 g/mol. The van der Waals surface area contributed by atoms with Crippen LogP contribution in [0.1, 0.15) is 47.5 Å². The van der Waals surface area contributed by atoms with E-state index >= 15 is 0 Å². The van der Waals surface area contributed by atoms with Crippen molar-refractivity contribution >= 4 is 0 Å². The fraction of sp³-hybridized carbons (Fsp3) is 1.00.